The molecule has 0 bridgehead atoms. The monoisotopic (exact) mass is 561 g/mol. The van der Waals surface area contributed by atoms with Crippen LogP contribution in [0.25, 0.3) is 11.1 Å². The van der Waals surface area contributed by atoms with Crippen molar-refractivity contribution in [2.75, 3.05) is 18.4 Å². The van der Waals surface area contributed by atoms with Crippen LogP contribution in [0.4, 0.5) is 10.1 Å². The number of para-hydroxylation sites is 1. The minimum absolute atomic E-state index is 0.233. The second-order valence-electron chi connectivity index (χ2n) is 9.97. The summed E-state index contributed by atoms with van der Waals surface area (Å²) < 4.78 is 27.1. The van der Waals surface area contributed by atoms with Gasteiger partial charge in [0.25, 0.3) is 11.8 Å². The molecule has 2 aromatic carbocycles. The normalized spacial score (nSPS) is 14.7. The number of carbonyl (C=O) groups excluding carboxylic acids is 3. The second kappa shape index (κ2) is 12.3. The van der Waals surface area contributed by atoms with Gasteiger partial charge in [-0.3, -0.25) is 19.0 Å². The Morgan fingerprint density at radius 2 is 1.95 bits per heavy atom. The number of benzene rings is 2. The maximum Gasteiger partial charge on any atom is 0.306 e. The minimum atomic E-state index is -1.01. The lowest BCUT2D eigenvalue weighted by Gasteiger charge is -2.32. The average Bonchev–Trinajstić information content (AvgIpc) is 3.62. The lowest BCUT2D eigenvalue weighted by Crippen LogP contribution is -2.43. The first-order chi connectivity index (χ1) is 19.9. The number of carbonyl (C=O) groups is 3. The molecule has 5 rings (SSSR count). The molecule has 0 spiro atoms. The van der Waals surface area contributed by atoms with Crippen molar-refractivity contribution in [3.05, 3.63) is 83.8 Å². The highest BCUT2D eigenvalue weighted by molar-refractivity contribution is 6.00. The van der Waals surface area contributed by atoms with Gasteiger partial charge >= 0.3 is 5.97 Å². The number of nitrogens with two attached hydrogens (primary N) is 1. The van der Waals surface area contributed by atoms with Crippen LogP contribution in [0.5, 0.6) is 0 Å². The van der Waals surface area contributed by atoms with Crippen molar-refractivity contribution in [2.45, 2.75) is 51.3 Å². The van der Waals surface area contributed by atoms with Crippen molar-refractivity contribution < 1.29 is 27.9 Å². The van der Waals surface area contributed by atoms with E-state index >= 15 is 4.39 Å². The molecule has 3 N–H and O–H groups in total. The first-order valence-corrected chi connectivity index (χ1v) is 13.7. The van der Waals surface area contributed by atoms with Crippen molar-refractivity contribution in [1.82, 2.24) is 14.5 Å². The fraction of sp³-hybridized carbons (Fsp3) is 0.333. The molecule has 1 unspecified atom stereocenters. The zero-order valence-corrected chi connectivity index (χ0v) is 22.7. The zero-order chi connectivity index (χ0) is 28.9. The Hall–Kier alpha value is -4.51. The van der Waals surface area contributed by atoms with Crippen LogP contribution in [-0.2, 0) is 16.1 Å². The van der Waals surface area contributed by atoms with E-state index in [1.807, 2.05) is 25.1 Å². The number of anilines is 1. The van der Waals surface area contributed by atoms with Gasteiger partial charge in [0.05, 0.1) is 0 Å². The van der Waals surface area contributed by atoms with Gasteiger partial charge in [0.2, 0.25) is 0 Å². The molecule has 1 fully saturated rings. The van der Waals surface area contributed by atoms with E-state index in [9.17, 15) is 14.4 Å². The van der Waals surface area contributed by atoms with Crippen LogP contribution in [-0.4, -0.2) is 51.4 Å². The average molecular weight is 562 g/mol. The number of halogens is 1. The van der Waals surface area contributed by atoms with Crippen LogP contribution < -0.4 is 11.1 Å². The van der Waals surface area contributed by atoms with Gasteiger partial charge in [0, 0.05) is 50.8 Å². The van der Waals surface area contributed by atoms with Crippen LogP contribution in [0.3, 0.4) is 0 Å². The summed E-state index contributed by atoms with van der Waals surface area (Å²) in [6.07, 6.45) is 4.20. The number of amides is 1. The SMILES string of the molecule is CCCC(=O)OC1CCN(C(=O)c2c(F)ccn2C(=O)C(Nc2ccccc2CN)c2ccc3ncoc3c2)CC1. The number of likely N-dealkylation sites (tertiary alicyclic amines) is 1. The Balaban J connectivity index is 1.43. The molecular formula is C30H32FN5O5. The van der Waals surface area contributed by atoms with Gasteiger partial charge in [0.15, 0.2) is 17.8 Å². The molecule has 3 heterocycles. The van der Waals surface area contributed by atoms with E-state index in [2.05, 4.69) is 10.3 Å². The standard InChI is InChI=1S/C30H32FN5O5/c1-2-5-26(37)41-21-10-13-35(14-11-21)30(39)28-22(31)12-15-36(28)29(38)27(34-23-7-4-3-6-20(23)17-32)19-8-9-24-25(16-19)40-18-33-24/h3-4,6-9,12,15-16,18,21,27,34H,2,5,10-11,13-14,17,32H2,1H3. The number of aromatic nitrogens is 2. The van der Waals surface area contributed by atoms with Gasteiger partial charge in [-0.15, -0.1) is 0 Å². The summed E-state index contributed by atoms with van der Waals surface area (Å²) in [5.41, 5.74) is 8.63. The van der Waals surface area contributed by atoms with Crippen LogP contribution in [0.2, 0.25) is 0 Å². The van der Waals surface area contributed by atoms with Gasteiger partial charge < -0.3 is 25.1 Å². The lowest BCUT2D eigenvalue weighted by atomic mass is 10.0. The number of fused-ring (bicyclic) bond motifs is 1. The smallest absolute Gasteiger partial charge is 0.306 e. The molecule has 2 aromatic heterocycles. The van der Waals surface area contributed by atoms with Gasteiger partial charge in [-0.05, 0) is 41.8 Å². The molecule has 4 aromatic rings. The summed E-state index contributed by atoms with van der Waals surface area (Å²) in [5, 5.41) is 3.25. The number of rotatable bonds is 9. The number of nitrogens with one attached hydrogen (secondary N) is 1. The summed E-state index contributed by atoms with van der Waals surface area (Å²) in [7, 11) is 0. The Labute approximate surface area is 236 Å². The Morgan fingerprint density at radius 1 is 1.17 bits per heavy atom. The molecule has 10 nitrogen and oxygen atoms in total. The molecule has 41 heavy (non-hydrogen) atoms. The van der Waals surface area contributed by atoms with Crippen LogP contribution >= 0.6 is 0 Å². The summed E-state index contributed by atoms with van der Waals surface area (Å²) in [6.45, 7) is 2.68. The van der Waals surface area contributed by atoms with Crippen molar-refractivity contribution in [1.29, 1.82) is 0 Å². The van der Waals surface area contributed by atoms with Crippen molar-refractivity contribution in [2.24, 2.45) is 5.73 Å². The Morgan fingerprint density at radius 3 is 2.71 bits per heavy atom. The first-order valence-electron chi connectivity index (χ1n) is 13.7. The van der Waals surface area contributed by atoms with E-state index in [-0.39, 0.29) is 37.4 Å². The highest BCUT2D eigenvalue weighted by atomic mass is 19.1. The summed E-state index contributed by atoms with van der Waals surface area (Å²) in [5.74, 6) is -2.23. The van der Waals surface area contributed by atoms with Crippen LogP contribution in [0, 0.1) is 5.82 Å². The molecule has 214 valence electrons. The second-order valence-corrected chi connectivity index (χ2v) is 9.97. The Bertz CT molecular complexity index is 1560. The number of nitrogens with zero attached hydrogens (tertiary/aromatic N) is 3. The molecule has 1 aliphatic heterocycles. The van der Waals surface area contributed by atoms with Crippen LogP contribution in [0.15, 0.2) is 65.5 Å². The minimum Gasteiger partial charge on any atom is -0.462 e. The predicted molar refractivity (Wildman–Crippen MR) is 150 cm³/mol. The quantitative estimate of drug-likeness (QED) is 0.282. The number of oxazole rings is 1. The van der Waals surface area contributed by atoms with Gasteiger partial charge in [0.1, 0.15) is 23.4 Å². The molecular weight excluding hydrogens is 529 g/mol. The van der Waals surface area contributed by atoms with E-state index in [4.69, 9.17) is 14.9 Å². The lowest BCUT2D eigenvalue weighted by molar-refractivity contribution is -0.150. The largest absolute Gasteiger partial charge is 0.462 e. The number of ether oxygens (including phenoxy) is 1. The summed E-state index contributed by atoms with van der Waals surface area (Å²) in [4.78, 5) is 45.1. The van der Waals surface area contributed by atoms with E-state index in [0.29, 0.717) is 48.0 Å². The molecule has 1 aliphatic rings. The van der Waals surface area contributed by atoms with Crippen molar-refractivity contribution in [3.63, 3.8) is 0 Å². The van der Waals surface area contributed by atoms with Gasteiger partial charge in [-0.1, -0.05) is 31.2 Å². The molecule has 0 radical (unpaired) electrons. The molecule has 1 atom stereocenters. The number of hydrogen-bond acceptors (Lipinski definition) is 8. The zero-order valence-electron chi connectivity index (χ0n) is 22.7. The first kappa shape index (κ1) is 28.0. The van der Waals surface area contributed by atoms with Gasteiger partial charge in [-0.25, -0.2) is 9.37 Å². The van der Waals surface area contributed by atoms with Crippen molar-refractivity contribution in [3.8, 4) is 0 Å². The highest BCUT2D eigenvalue weighted by Crippen LogP contribution is 2.28. The molecule has 1 saturated heterocycles. The fourth-order valence-electron chi connectivity index (χ4n) is 5.05. The summed E-state index contributed by atoms with van der Waals surface area (Å²) in [6, 6.07) is 12.5. The number of esters is 1. The maximum absolute atomic E-state index is 15.1. The summed E-state index contributed by atoms with van der Waals surface area (Å²) >= 11 is 0. The highest BCUT2D eigenvalue weighted by Gasteiger charge is 2.33. The maximum atomic E-state index is 15.1. The van der Waals surface area contributed by atoms with E-state index in [1.54, 1.807) is 24.3 Å². The Kier molecular flexibility index (Phi) is 8.44. The third-order valence-corrected chi connectivity index (χ3v) is 7.23. The molecule has 11 heteroatoms. The molecule has 0 saturated carbocycles. The van der Waals surface area contributed by atoms with E-state index < -0.39 is 23.7 Å². The molecule has 1 amide bonds. The third kappa shape index (κ3) is 5.99. The third-order valence-electron chi connectivity index (χ3n) is 7.23. The van der Waals surface area contributed by atoms with E-state index in [0.717, 1.165) is 16.2 Å². The fourth-order valence-corrected chi connectivity index (χ4v) is 5.05. The van der Waals surface area contributed by atoms with Crippen LogP contribution in [0.1, 0.15) is 65.1 Å². The predicted octanol–water partition coefficient (Wildman–Crippen LogP) is 4.67. The molecule has 0 aliphatic carbocycles. The van der Waals surface area contributed by atoms with E-state index in [1.165, 1.54) is 17.5 Å². The van der Waals surface area contributed by atoms with Gasteiger partial charge in [-0.2, -0.15) is 0 Å². The number of hydrogen-bond donors (Lipinski definition) is 2. The topological polar surface area (TPSA) is 133 Å². The number of piperidine rings is 1. The van der Waals surface area contributed by atoms with Crippen molar-refractivity contribution >= 4 is 34.6 Å².